The van der Waals surface area contributed by atoms with Gasteiger partial charge in [-0.2, -0.15) is 0 Å². The predicted octanol–water partition coefficient (Wildman–Crippen LogP) is 3.91. The van der Waals surface area contributed by atoms with Crippen molar-refractivity contribution in [1.29, 1.82) is 0 Å². The number of rotatable bonds is 3. The number of aromatic amines is 1. The summed E-state index contributed by atoms with van der Waals surface area (Å²) in [6.07, 6.45) is 8.58. The van der Waals surface area contributed by atoms with Crippen LogP contribution in [0.4, 0.5) is 5.82 Å². The normalized spacial score (nSPS) is 18.2. The molecule has 2 aromatic rings. The molecule has 0 atom stereocenters. The highest BCUT2D eigenvalue weighted by atomic mass is 16.1. The van der Waals surface area contributed by atoms with E-state index in [0.29, 0.717) is 5.56 Å². The molecule has 0 amide bonds. The van der Waals surface area contributed by atoms with Gasteiger partial charge < -0.3 is 5.32 Å². The molecule has 0 spiro atoms. The third-order valence-corrected chi connectivity index (χ3v) is 5.21. The van der Waals surface area contributed by atoms with E-state index in [2.05, 4.69) is 15.4 Å². The molecule has 0 bridgehead atoms. The first-order chi connectivity index (χ1) is 13.3. The Morgan fingerprint density at radius 3 is 2.44 bits per heavy atom. The zero-order valence-corrected chi connectivity index (χ0v) is 15.7. The first kappa shape index (κ1) is 17.8. The number of aromatic nitrogens is 2. The summed E-state index contributed by atoms with van der Waals surface area (Å²) in [6, 6.07) is 9.70. The quantitative estimate of drug-likeness (QED) is 0.865. The van der Waals surface area contributed by atoms with Gasteiger partial charge in [-0.1, -0.05) is 31.0 Å². The van der Waals surface area contributed by atoms with Gasteiger partial charge in [-0.25, -0.2) is 4.68 Å². The van der Waals surface area contributed by atoms with Crippen molar-refractivity contribution in [2.24, 2.45) is 9.98 Å². The minimum atomic E-state index is -0.0430. The highest BCUT2D eigenvalue weighted by Gasteiger charge is 2.22. The van der Waals surface area contributed by atoms with Crippen molar-refractivity contribution in [2.45, 2.75) is 51.4 Å². The number of benzene rings is 1. The standard InChI is InChI=1S/C21H27N5O/c27-21-19(17-12-6-2-8-14-22-17)20(24-18-13-7-3-9-15-23-18)25-26(21)16-10-4-1-5-11-16/h1,4-5,10-11,25H,2-3,6-9,12-15H2,(H,23,24). The zero-order valence-electron chi connectivity index (χ0n) is 15.7. The van der Waals surface area contributed by atoms with Crippen molar-refractivity contribution in [3.05, 3.63) is 46.2 Å². The molecule has 2 aliphatic rings. The first-order valence-electron chi connectivity index (χ1n) is 10.1. The minimum Gasteiger partial charge on any atom is -0.329 e. The van der Waals surface area contributed by atoms with Gasteiger partial charge in [-0.05, 0) is 44.2 Å². The number of para-hydroxylation sites is 1. The largest absolute Gasteiger partial charge is 0.329 e. The van der Waals surface area contributed by atoms with E-state index < -0.39 is 0 Å². The highest BCUT2D eigenvalue weighted by Crippen LogP contribution is 2.20. The van der Waals surface area contributed by atoms with Crippen molar-refractivity contribution in [1.82, 2.24) is 9.78 Å². The topological polar surface area (TPSA) is 74.5 Å². The van der Waals surface area contributed by atoms with Gasteiger partial charge in [0.05, 0.1) is 11.4 Å². The molecule has 142 valence electrons. The number of aliphatic imine (C=N–C) groups is 2. The monoisotopic (exact) mass is 365 g/mol. The van der Waals surface area contributed by atoms with Crippen LogP contribution in [-0.4, -0.2) is 34.4 Å². The lowest BCUT2D eigenvalue weighted by molar-refractivity contribution is 0.731. The Labute approximate surface area is 159 Å². The number of H-pyrrole nitrogens is 1. The second-order valence-corrected chi connectivity index (χ2v) is 7.24. The van der Waals surface area contributed by atoms with Crippen LogP contribution in [0.2, 0.25) is 0 Å². The molecule has 1 aromatic heterocycles. The lowest BCUT2D eigenvalue weighted by Crippen LogP contribution is -2.21. The van der Waals surface area contributed by atoms with E-state index in [-0.39, 0.29) is 5.56 Å². The average Bonchev–Trinajstić information content (AvgIpc) is 2.95. The Morgan fingerprint density at radius 1 is 0.889 bits per heavy atom. The van der Waals surface area contributed by atoms with Crippen molar-refractivity contribution in [3.8, 4) is 5.69 Å². The Hall–Kier alpha value is -2.63. The lowest BCUT2D eigenvalue weighted by atomic mass is 10.1. The fraction of sp³-hybridized carbons (Fsp3) is 0.476. The molecule has 6 nitrogen and oxygen atoms in total. The Balaban J connectivity index is 1.76. The van der Waals surface area contributed by atoms with Crippen LogP contribution in [0.25, 0.3) is 5.69 Å². The van der Waals surface area contributed by atoms with Crippen molar-refractivity contribution in [3.63, 3.8) is 0 Å². The van der Waals surface area contributed by atoms with Crippen LogP contribution < -0.4 is 10.9 Å². The zero-order chi connectivity index (χ0) is 18.5. The number of amidine groups is 1. The van der Waals surface area contributed by atoms with Crippen molar-refractivity contribution < 1.29 is 0 Å². The molecule has 2 N–H and O–H groups in total. The van der Waals surface area contributed by atoms with Gasteiger partial charge in [0.2, 0.25) is 0 Å². The maximum absolute atomic E-state index is 13.3. The molecule has 27 heavy (non-hydrogen) atoms. The first-order valence-corrected chi connectivity index (χ1v) is 10.1. The molecule has 0 fully saturated rings. The van der Waals surface area contributed by atoms with E-state index in [1.165, 1.54) is 12.8 Å². The van der Waals surface area contributed by atoms with Crippen LogP contribution >= 0.6 is 0 Å². The van der Waals surface area contributed by atoms with E-state index in [1.54, 1.807) is 4.68 Å². The summed E-state index contributed by atoms with van der Waals surface area (Å²) in [4.78, 5) is 22.7. The molecule has 4 rings (SSSR count). The summed E-state index contributed by atoms with van der Waals surface area (Å²) in [6.45, 7) is 1.65. The van der Waals surface area contributed by atoms with Gasteiger partial charge in [-0.3, -0.25) is 19.9 Å². The predicted molar refractivity (Wildman–Crippen MR) is 111 cm³/mol. The van der Waals surface area contributed by atoms with Gasteiger partial charge in [0.1, 0.15) is 17.2 Å². The molecule has 0 aliphatic carbocycles. The fourth-order valence-corrected chi connectivity index (χ4v) is 3.75. The lowest BCUT2D eigenvalue weighted by Gasteiger charge is -2.09. The molecular weight excluding hydrogens is 338 g/mol. The van der Waals surface area contributed by atoms with E-state index in [0.717, 1.165) is 74.7 Å². The summed E-state index contributed by atoms with van der Waals surface area (Å²) in [5.41, 5.74) is 2.38. The second kappa shape index (κ2) is 8.37. The van der Waals surface area contributed by atoms with Gasteiger partial charge >= 0.3 is 0 Å². The number of nitrogens with one attached hydrogen (secondary N) is 2. The van der Waals surface area contributed by atoms with Crippen LogP contribution in [0.15, 0.2) is 45.1 Å². The Bertz CT molecular complexity index is 891. The third-order valence-electron chi connectivity index (χ3n) is 5.21. The molecule has 0 radical (unpaired) electrons. The Kier molecular flexibility index (Phi) is 5.51. The summed E-state index contributed by atoms with van der Waals surface area (Å²) in [5, 5.41) is 6.71. The molecule has 0 unspecified atom stereocenters. The number of hydrogen-bond acceptors (Lipinski definition) is 4. The van der Waals surface area contributed by atoms with Crippen molar-refractivity contribution in [2.75, 3.05) is 18.4 Å². The smallest absolute Gasteiger partial charge is 0.282 e. The van der Waals surface area contributed by atoms with E-state index in [1.807, 2.05) is 30.3 Å². The second-order valence-electron chi connectivity index (χ2n) is 7.24. The van der Waals surface area contributed by atoms with E-state index in [9.17, 15) is 4.79 Å². The third kappa shape index (κ3) is 4.04. The molecule has 0 saturated heterocycles. The minimum absolute atomic E-state index is 0.0430. The number of hydrogen-bond donors (Lipinski definition) is 2. The van der Waals surface area contributed by atoms with Gasteiger partial charge in [0.15, 0.2) is 0 Å². The van der Waals surface area contributed by atoms with Gasteiger partial charge in [0, 0.05) is 19.5 Å². The van der Waals surface area contributed by atoms with Crippen LogP contribution in [-0.2, 0) is 0 Å². The molecule has 6 heteroatoms. The van der Waals surface area contributed by atoms with Crippen LogP contribution in [0.3, 0.4) is 0 Å². The molecule has 2 aliphatic heterocycles. The van der Waals surface area contributed by atoms with Gasteiger partial charge in [-0.15, -0.1) is 0 Å². The molecular formula is C21H27N5O. The van der Waals surface area contributed by atoms with E-state index in [4.69, 9.17) is 4.99 Å². The van der Waals surface area contributed by atoms with Gasteiger partial charge in [0.25, 0.3) is 5.56 Å². The van der Waals surface area contributed by atoms with Crippen LogP contribution in [0, 0.1) is 0 Å². The molecule has 3 heterocycles. The molecule has 0 saturated carbocycles. The average molecular weight is 365 g/mol. The maximum atomic E-state index is 13.3. The van der Waals surface area contributed by atoms with Crippen LogP contribution in [0.1, 0.15) is 56.9 Å². The Morgan fingerprint density at radius 2 is 1.63 bits per heavy atom. The van der Waals surface area contributed by atoms with Crippen LogP contribution in [0.5, 0.6) is 0 Å². The summed E-state index contributed by atoms with van der Waals surface area (Å²) in [5.74, 6) is 1.69. The highest BCUT2D eigenvalue weighted by molar-refractivity contribution is 6.07. The maximum Gasteiger partial charge on any atom is 0.282 e. The summed E-state index contributed by atoms with van der Waals surface area (Å²) in [7, 11) is 0. The van der Waals surface area contributed by atoms with E-state index >= 15 is 0 Å². The number of nitrogens with zero attached hydrogens (tertiary/aromatic N) is 3. The summed E-state index contributed by atoms with van der Waals surface area (Å²) < 4.78 is 1.61. The number of anilines is 1. The molecule has 1 aromatic carbocycles. The summed E-state index contributed by atoms with van der Waals surface area (Å²) >= 11 is 0. The van der Waals surface area contributed by atoms with Crippen molar-refractivity contribution >= 4 is 17.4 Å². The SMILES string of the molecule is O=c1c(C2=NCCCCC2)c(NC2=NCCCCC2)[nH]n1-c1ccccc1. The fourth-order valence-electron chi connectivity index (χ4n) is 3.75.